The van der Waals surface area contributed by atoms with E-state index in [0.29, 0.717) is 98.3 Å². The Kier molecular flexibility index (Phi) is 49.6. The normalized spacial score (nSPS) is 11.4. The van der Waals surface area contributed by atoms with Gasteiger partial charge in [-0.05, 0) is 57.4 Å². The van der Waals surface area contributed by atoms with Gasteiger partial charge in [-0.25, -0.2) is 0 Å². The maximum Gasteiger partial charge on any atom is 0.232 e. The van der Waals surface area contributed by atoms with E-state index in [1.54, 1.807) is 0 Å². The summed E-state index contributed by atoms with van der Waals surface area (Å²) in [5.74, 6) is 5.38. The number of rotatable bonds is 66. The summed E-state index contributed by atoms with van der Waals surface area (Å²) in [7, 11) is 0. The summed E-state index contributed by atoms with van der Waals surface area (Å²) < 4.78 is 40.9. The molecule has 0 fully saturated rings. The molecule has 0 aliphatic rings. The van der Waals surface area contributed by atoms with Crippen LogP contribution in [-0.4, -0.2) is 54.6 Å². The van der Waals surface area contributed by atoms with Gasteiger partial charge in [0, 0.05) is 41.2 Å². The monoisotopic (exact) mass is 1300 g/mol. The summed E-state index contributed by atoms with van der Waals surface area (Å²) in [5, 5.41) is 7.30. The minimum Gasteiger partial charge on any atom is -0.489 e. The van der Waals surface area contributed by atoms with E-state index in [9.17, 15) is 0 Å². The predicted molar refractivity (Wildman–Crippen MR) is 402 cm³/mol. The number of nitrogens with zero attached hydrogens (tertiary/aromatic N) is 3. The minimum absolute atomic E-state index is 0.382. The Balaban J connectivity index is 1.76. The first-order chi connectivity index (χ1) is 46.5. The van der Waals surface area contributed by atoms with E-state index < -0.39 is 0 Å². The largest absolute Gasteiger partial charge is 0.489 e. The third kappa shape index (κ3) is 38.7. The fraction of sp³-hybridized carbons (Fsp3) is 0.735. The molecule has 1 aromatic heterocycles. The topological polar surface area (TPSA) is 118 Å². The molecule has 0 atom stereocenters. The van der Waals surface area contributed by atoms with Crippen LogP contribution >= 0.6 is 0 Å². The maximum atomic E-state index is 6.81. The van der Waals surface area contributed by atoms with Crippen molar-refractivity contribution in [3.63, 3.8) is 0 Å². The maximum absolute atomic E-state index is 6.81. The molecule has 0 aliphatic heterocycles. The van der Waals surface area contributed by atoms with E-state index in [4.69, 9.17) is 43.4 Å². The van der Waals surface area contributed by atoms with Gasteiger partial charge in [-0.3, -0.25) is 0 Å². The predicted octanol–water partition coefficient (Wildman–Crippen LogP) is 26.5. The molecule has 0 saturated heterocycles. The Morgan fingerprint density at radius 2 is 0.500 bits per heavy atom. The highest BCUT2D eigenvalue weighted by atomic mass is 16.5. The fourth-order valence-electron chi connectivity index (χ4n) is 12.2. The first-order valence-electron chi connectivity index (χ1n) is 39.8. The van der Waals surface area contributed by atoms with Gasteiger partial charge in [0.05, 0.1) is 39.6 Å². The lowest BCUT2D eigenvalue weighted by Gasteiger charge is -2.20. The zero-order valence-corrected chi connectivity index (χ0v) is 61.5. The van der Waals surface area contributed by atoms with Crippen LogP contribution in [0.5, 0.6) is 34.5 Å². The molecule has 11 nitrogen and oxygen atoms in total. The number of unbranched alkanes of at least 4 members (excludes halogenated alkanes) is 42. The third-order valence-corrected chi connectivity index (χ3v) is 18.2. The number of hydrogen-bond donors (Lipinski definition) is 2. The smallest absolute Gasteiger partial charge is 0.232 e. The molecule has 533 valence electrons. The number of aromatic nitrogens is 3. The van der Waals surface area contributed by atoms with E-state index in [-0.39, 0.29) is 0 Å². The van der Waals surface area contributed by atoms with Crippen molar-refractivity contribution < 1.29 is 28.4 Å². The molecule has 0 spiro atoms. The first-order valence-corrected chi connectivity index (χ1v) is 39.8. The zero-order chi connectivity index (χ0) is 66.8. The second-order valence-corrected chi connectivity index (χ2v) is 27.0. The Labute approximate surface area is 577 Å². The average Bonchev–Trinajstić information content (AvgIpc) is 0.846. The van der Waals surface area contributed by atoms with E-state index in [0.717, 1.165) is 99.6 Å². The van der Waals surface area contributed by atoms with Crippen LogP contribution in [0, 0.1) is 6.92 Å². The van der Waals surface area contributed by atoms with E-state index in [1.807, 2.05) is 0 Å². The number of benzene rings is 3. The van der Waals surface area contributed by atoms with Gasteiger partial charge in [-0.15, -0.1) is 0 Å². The summed E-state index contributed by atoms with van der Waals surface area (Å²) in [6.07, 6.45) is 59.7. The standard InChI is InChI=1S/C83H140N5O6/c1-8-15-21-27-33-39-45-51-61-89-75-67-73(68-76(90-62-52-46-40-34-28-22-16-9-2)79(75)93-65-55-49-43-37-31-25-19-12-5)84-82-86-81(72-59-57-71(14-7)58-60-72)87-83(88-82)85-74-69-77(91-63-53-47-41-35-29-23-17-10-3)80(94-66-56-50-44-38-32-26-20-13-6)78(70-74)92-64-54-48-42-36-30-24-18-11-4/h57-60,67-70H,7-56,61-66H2,1-6H3,(H2,84,85,86,87,88). The highest BCUT2D eigenvalue weighted by molar-refractivity contribution is 5.70. The van der Waals surface area contributed by atoms with E-state index >= 15 is 0 Å². The van der Waals surface area contributed by atoms with Gasteiger partial charge in [0.15, 0.2) is 28.8 Å². The van der Waals surface area contributed by atoms with Gasteiger partial charge < -0.3 is 39.1 Å². The van der Waals surface area contributed by atoms with Crippen LogP contribution in [0.2, 0.25) is 0 Å². The van der Waals surface area contributed by atoms with E-state index in [2.05, 4.69) is 108 Å². The van der Waals surface area contributed by atoms with Crippen molar-refractivity contribution in [3.05, 3.63) is 61.0 Å². The molecule has 0 bridgehead atoms. The lowest BCUT2D eigenvalue weighted by atomic mass is 10.1. The fourth-order valence-corrected chi connectivity index (χ4v) is 12.2. The quantitative estimate of drug-likeness (QED) is 0.0412. The van der Waals surface area contributed by atoms with Crippen molar-refractivity contribution >= 4 is 23.3 Å². The highest BCUT2D eigenvalue weighted by Crippen LogP contribution is 2.44. The number of anilines is 4. The summed E-state index contributed by atoms with van der Waals surface area (Å²) in [4.78, 5) is 15.5. The van der Waals surface area contributed by atoms with Crippen molar-refractivity contribution in [1.82, 2.24) is 15.0 Å². The summed E-state index contributed by atoms with van der Waals surface area (Å²) in [6, 6.07) is 16.5. The van der Waals surface area contributed by atoms with Crippen molar-refractivity contribution in [2.75, 3.05) is 50.3 Å². The Bertz CT molecular complexity index is 2180. The molecule has 0 amide bonds. The number of nitrogens with one attached hydrogen (secondary N) is 2. The second-order valence-electron chi connectivity index (χ2n) is 27.0. The van der Waals surface area contributed by atoms with Gasteiger partial charge >= 0.3 is 0 Å². The molecule has 0 saturated carbocycles. The van der Waals surface area contributed by atoms with Crippen molar-refractivity contribution in [3.8, 4) is 45.9 Å². The molecule has 11 heteroatoms. The van der Waals surface area contributed by atoms with Gasteiger partial charge in [-0.1, -0.05) is 335 Å². The number of ether oxygens (including phenoxy) is 6. The summed E-state index contributed by atoms with van der Waals surface area (Å²) >= 11 is 0. The van der Waals surface area contributed by atoms with E-state index in [1.165, 1.54) is 231 Å². The summed E-state index contributed by atoms with van der Waals surface area (Å²) in [5.41, 5.74) is 3.51. The Hall–Kier alpha value is -4.93. The van der Waals surface area contributed by atoms with Crippen molar-refractivity contribution in [1.29, 1.82) is 0 Å². The van der Waals surface area contributed by atoms with Crippen LogP contribution in [0.3, 0.4) is 0 Å². The van der Waals surface area contributed by atoms with Crippen LogP contribution in [0.4, 0.5) is 23.3 Å². The molecule has 1 heterocycles. The SMILES string of the molecule is [CH2]Cc1ccc(-c2nc(Nc3cc(OCCCCCCCCCC)c(OCCCCCCCCCC)c(OCCCCCCCCCC)c3)nc(Nc3cc(OCCCCCCCCCC)c(OCCCCCCCCCC)c(OCCCCCCCCCC)c3)n2)cc1. The van der Waals surface area contributed by atoms with Crippen LogP contribution < -0.4 is 39.1 Å². The average molecular weight is 1300 g/mol. The van der Waals surface area contributed by atoms with Crippen LogP contribution in [0.15, 0.2) is 48.5 Å². The lowest BCUT2D eigenvalue weighted by Crippen LogP contribution is -2.09. The second kappa shape index (κ2) is 57.2. The van der Waals surface area contributed by atoms with Crippen LogP contribution in [-0.2, 0) is 6.42 Å². The van der Waals surface area contributed by atoms with Gasteiger partial charge in [0.2, 0.25) is 23.4 Å². The van der Waals surface area contributed by atoms with Gasteiger partial charge in [-0.2, -0.15) is 15.0 Å². The molecule has 3 aromatic carbocycles. The molecule has 0 aliphatic carbocycles. The molecule has 2 N–H and O–H groups in total. The Morgan fingerprint density at radius 3 is 0.734 bits per heavy atom. The molecule has 4 rings (SSSR count). The Morgan fingerprint density at radius 1 is 0.277 bits per heavy atom. The summed E-state index contributed by atoms with van der Waals surface area (Å²) in [6.45, 7) is 21.4. The third-order valence-electron chi connectivity index (χ3n) is 18.2. The molecule has 94 heavy (non-hydrogen) atoms. The molecule has 1 radical (unpaired) electrons. The van der Waals surface area contributed by atoms with Crippen LogP contribution in [0.25, 0.3) is 11.4 Å². The van der Waals surface area contributed by atoms with Crippen LogP contribution in [0.1, 0.15) is 355 Å². The first kappa shape index (κ1) is 81.5. The molecule has 4 aromatic rings. The molecular formula is C83H140N5O6. The van der Waals surface area contributed by atoms with Gasteiger partial charge in [0.25, 0.3) is 0 Å². The molecular weight excluding hydrogens is 1160 g/mol. The van der Waals surface area contributed by atoms with Crippen molar-refractivity contribution in [2.24, 2.45) is 0 Å². The minimum atomic E-state index is 0.382. The highest BCUT2D eigenvalue weighted by Gasteiger charge is 2.21. The molecule has 0 unspecified atom stereocenters. The van der Waals surface area contributed by atoms with Gasteiger partial charge in [0.1, 0.15) is 0 Å². The number of hydrogen-bond acceptors (Lipinski definition) is 11. The lowest BCUT2D eigenvalue weighted by molar-refractivity contribution is 0.234. The zero-order valence-electron chi connectivity index (χ0n) is 61.5. The van der Waals surface area contributed by atoms with Crippen molar-refractivity contribution in [2.45, 2.75) is 356 Å².